The molecule has 2 heterocycles. The summed E-state index contributed by atoms with van der Waals surface area (Å²) in [6.45, 7) is 4.85. The Balaban J connectivity index is 1.98. The van der Waals surface area contributed by atoms with Crippen LogP contribution in [-0.2, 0) is 16.1 Å². The minimum absolute atomic E-state index is 0.167. The average Bonchev–Trinajstić information content (AvgIpc) is 2.99. The summed E-state index contributed by atoms with van der Waals surface area (Å²) in [7, 11) is 4.15. The van der Waals surface area contributed by atoms with Gasteiger partial charge in [-0.05, 0) is 57.7 Å². The summed E-state index contributed by atoms with van der Waals surface area (Å²) >= 11 is 0. The van der Waals surface area contributed by atoms with E-state index in [1.807, 2.05) is 31.3 Å². The first-order chi connectivity index (χ1) is 12.1. The number of carbonyl (C=O) groups excluding carboxylic acids is 1. The van der Waals surface area contributed by atoms with Crippen LogP contribution >= 0.6 is 0 Å². The van der Waals surface area contributed by atoms with Crippen molar-refractivity contribution in [3.8, 4) is 5.69 Å². The van der Waals surface area contributed by atoms with Crippen LogP contribution in [-0.4, -0.2) is 54.1 Å². The van der Waals surface area contributed by atoms with E-state index in [1.165, 1.54) is 5.56 Å². The number of para-hydroxylation sites is 1. The first-order valence-electron chi connectivity index (χ1n) is 8.92. The molecule has 2 aromatic rings. The normalized spacial score (nSPS) is 17.0. The molecule has 0 aliphatic carbocycles. The molecule has 1 aromatic heterocycles. The van der Waals surface area contributed by atoms with Gasteiger partial charge in [0.1, 0.15) is 6.04 Å². The molecule has 1 unspecified atom stereocenters. The van der Waals surface area contributed by atoms with Crippen LogP contribution in [0.5, 0.6) is 0 Å². The number of hydrogen-bond donors (Lipinski definition) is 0. The second kappa shape index (κ2) is 7.85. The van der Waals surface area contributed by atoms with Gasteiger partial charge in [-0.1, -0.05) is 18.2 Å². The smallest absolute Gasteiger partial charge is 0.329 e. The van der Waals surface area contributed by atoms with Gasteiger partial charge in [0.05, 0.1) is 12.3 Å². The number of carbonyl (C=O) groups is 1. The van der Waals surface area contributed by atoms with E-state index in [-0.39, 0.29) is 12.0 Å². The van der Waals surface area contributed by atoms with Crippen molar-refractivity contribution < 1.29 is 9.53 Å². The van der Waals surface area contributed by atoms with E-state index in [0.29, 0.717) is 6.61 Å². The highest BCUT2D eigenvalue weighted by atomic mass is 16.5. The summed E-state index contributed by atoms with van der Waals surface area (Å²) < 4.78 is 7.54. The molecule has 0 N–H and O–H groups in total. The lowest BCUT2D eigenvalue weighted by molar-refractivity contribution is -0.150. The van der Waals surface area contributed by atoms with Gasteiger partial charge < -0.3 is 14.2 Å². The van der Waals surface area contributed by atoms with Gasteiger partial charge in [0.25, 0.3) is 0 Å². The van der Waals surface area contributed by atoms with Crippen molar-refractivity contribution in [1.82, 2.24) is 14.4 Å². The SMILES string of the molecule is CCOC(=O)C1c2cccn2-c2ccccc2CN1CCCN(C)C. The van der Waals surface area contributed by atoms with Crippen molar-refractivity contribution in [3.05, 3.63) is 53.9 Å². The molecule has 1 aromatic carbocycles. The highest BCUT2D eigenvalue weighted by Gasteiger charge is 2.34. The molecule has 0 amide bonds. The number of benzene rings is 1. The fourth-order valence-electron chi connectivity index (χ4n) is 3.50. The standard InChI is InChI=1S/C20H27N3O2/c1-4-25-20(24)19-18-11-7-14-23(18)17-10-6-5-9-16(17)15-22(19)13-8-12-21(2)3/h5-7,9-11,14,19H,4,8,12-13,15H2,1-3H3. The topological polar surface area (TPSA) is 37.7 Å². The first kappa shape index (κ1) is 17.7. The van der Waals surface area contributed by atoms with E-state index in [0.717, 1.165) is 37.4 Å². The molecule has 134 valence electrons. The van der Waals surface area contributed by atoms with Gasteiger partial charge in [0, 0.05) is 25.0 Å². The van der Waals surface area contributed by atoms with Crippen molar-refractivity contribution >= 4 is 5.97 Å². The maximum absolute atomic E-state index is 12.8. The Morgan fingerprint density at radius 1 is 1.24 bits per heavy atom. The third kappa shape index (κ3) is 3.78. The molecule has 1 aliphatic heterocycles. The van der Waals surface area contributed by atoms with E-state index in [1.54, 1.807) is 0 Å². The maximum atomic E-state index is 12.8. The van der Waals surface area contributed by atoms with Crippen LogP contribution < -0.4 is 0 Å². The molecule has 0 radical (unpaired) electrons. The minimum atomic E-state index is -0.371. The molecule has 0 saturated carbocycles. The average molecular weight is 341 g/mol. The summed E-state index contributed by atoms with van der Waals surface area (Å²) in [5, 5.41) is 0. The maximum Gasteiger partial charge on any atom is 0.329 e. The number of fused-ring (bicyclic) bond motifs is 3. The third-order valence-electron chi connectivity index (χ3n) is 4.61. The molecule has 1 aliphatic rings. The van der Waals surface area contributed by atoms with Crippen LogP contribution in [0.4, 0.5) is 0 Å². The molecular formula is C20H27N3O2. The van der Waals surface area contributed by atoms with Crippen molar-refractivity contribution in [2.24, 2.45) is 0 Å². The van der Waals surface area contributed by atoms with E-state index >= 15 is 0 Å². The molecule has 1 atom stereocenters. The zero-order valence-corrected chi connectivity index (χ0v) is 15.3. The van der Waals surface area contributed by atoms with Gasteiger partial charge in [-0.3, -0.25) is 4.90 Å². The lowest BCUT2D eigenvalue weighted by Crippen LogP contribution is -2.36. The Bertz CT molecular complexity index is 723. The largest absolute Gasteiger partial charge is 0.465 e. The molecular weight excluding hydrogens is 314 g/mol. The van der Waals surface area contributed by atoms with E-state index in [9.17, 15) is 4.79 Å². The van der Waals surface area contributed by atoms with Crippen LogP contribution in [0.15, 0.2) is 42.6 Å². The number of nitrogens with zero attached hydrogens (tertiary/aromatic N) is 3. The lowest BCUT2D eigenvalue weighted by Gasteiger charge is -2.28. The third-order valence-corrected chi connectivity index (χ3v) is 4.61. The molecule has 25 heavy (non-hydrogen) atoms. The highest BCUT2D eigenvalue weighted by molar-refractivity contribution is 5.78. The predicted octanol–water partition coefficient (Wildman–Crippen LogP) is 2.85. The van der Waals surface area contributed by atoms with Gasteiger partial charge in [0.15, 0.2) is 0 Å². The van der Waals surface area contributed by atoms with Gasteiger partial charge in [-0.2, -0.15) is 0 Å². The van der Waals surface area contributed by atoms with Crippen LogP contribution in [0.1, 0.15) is 30.6 Å². The highest BCUT2D eigenvalue weighted by Crippen LogP contribution is 2.33. The second-order valence-corrected chi connectivity index (χ2v) is 6.71. The van der Waals surface area contributed by atoms with Gasteiger partial charge in [-0.15, -0.1) is 0 Å². The van der Waals surface area contributed by atoms with Crippen molar-refractivity contribution in [2.75, 3.05) is 33.8 Å². The van der Waals surface area contributed by atoms with Crippen LogP contribution in [0.3, 0.4) is 0 Å². The van der Waals surface area contributed by atoms with Gasteiger partial charge >= 0.3 is 5.97 Å². The fraction of sp³-hybridized carbons (Fsp3) is 0.450. The Morgan fingerprint density at radius 3 is 2.80 bits per heavy atom. The van der Waals surface area contributed by atoms with E-state index < -0.39 is 0 Å². The summed E-state index contributed by atoms with van der Waals surface area (Å²) in [5.74, 6) is -0.167. The molecule has 3 rings (SSSR count). The first-order valence-corrected chi connectivity index (χ1v) is 8.92. The lowest BCUT2D eigenvalue weighted by atomic mass is 10.1. The van der Waals surface area contributed by atoms with E-state index in [2.05, 4.69) is 46.7 Å². The summed E-state index contributed by atoms with van der Waals surface area (Å²) in [6, 6.07) is 12.0. The van der Waals surface area contributed by atoms with Gasteiger partial charge in [0.2, 0.25) is 0 Å². The van der Waals surface area contributed by atoms with Gasteiger partial charge in [-0.25, -0.2) is 4.79 Å². The summed E-state index contributed by atoms with van der Waals surface area (Å²) in [4.78, 5) is 17.2. The van der Waals surface area contributed by atoms with Crippen LogP contribution in [0.25, 0.3) is 5.69 Å². The Kier molecular flexibility index (Phi) is 5.56. The van der Waals surface area contributed by atoms with Crippen molar-refractivity contribution in [2.45, 2.75) is 25.9 Å². The fourth-order valence-corrected chi connectivity index (χ4v) is 3.50. The Labute approximate surface area is 149 Å². The molecule has 5 heteroatoms. The summed E-state index contributed by atoms with van der Waals surface area (Å²) in [6.07, 6.45) is 3.04. The number of hydrogen-bond acceptors (Lipinski definition) is 4. The van der Waals surface area contributed by atoms with Crippen molar-refractivity contribution in [3.63, 3.8) is 0 Å². The Morgan fingerprint density at radius 2 is 2.04 bits per heavy atom. The van der Waals surface area contributed by atoms with Crippen molar-refractivity contribution in [1.29, 1.82) is 0 Å². The zero-order chi connectivity index (χ0) is 17.8. The zero-order valence-electron chi connectivity index (χ0n) is 15.3. The number of rotatable bonds is 6. The Hall–Kier alpha value is -2.11. The molecule has 0 spiro atoms. The molecule has 5 nitrogen and oxygen atoms in total. The van der Waals surface area contributed by atoms with Crippen LogP contribution in [0, 0.1) is 0 Å². The summed E-state index contributed by atoms with van der Waals surface area (Å²) in [5.41, 5.74) is 3.36. The molecule has 0 saturated heterocycles. The number of esters is 1. The number of ether oxygens (including phenoxy) is 1. The second-order valence-electron chi connectivity index (χ2n) is 6.71. The van der Waals surface area contributed by atoms with Crippen LogP contribution in [0.2, 0.25) is 0 Å². The number of aromatic nitrogens is 1. The molecule has 0 fully saturated rings. The predicted molar refractivity (Wildman–Crippen MR) is 98.7 cm³/mol. The molecule has 0 bridgehead atoms. The minimum Gasteiger partial charge on any atom is -0.465 e. The quantitative estimate of drug-likeness (QED) is 0.757. The monoisotopic (exact) mass is 341 g/mol. The van der Waals surface area contributed by atoms with E-state index in [4.69, 9.17) is 4.74 Å².